The number of nitriles is 1. The first-order valence-corrected chi connectivity index (χ1v) is 7.88. The molecule has 4 nitrogen and oxygen atoms in total. The van der Waals surface area contributed by atoms with Crippen molar-refractivity contribution >= 4 is 23.3 Å². The quantitative estimate of drug-likeness (QED) is 0.839. The van der Waals surface area contributed by atoms with Crippen LogP contribution in [0.15, 0.2) is 35.6 Å². The number of hydrogen-bond acceptors (Lipinski definition) is 4. The summed E-state index contributed by atoms with van der Waals surface area (Å²) in [5.41, 5.74) is 1.17. The molecule has 1 aromatic rings. The summed E-state index contributed by atoms with van der Waals surface area (Å²) in [5, 5.41) is 18.2. The van der Waals surface area contributed by atoms with Crippen molar-refractivity contribution in [2.45, 2.75) is 32.6 Å². The Hall–Kier alpha value is -2.12. The zero-order valence-corrected chi connectivity index (χ0v) is 13.8. The van der Waals surface area contributed by atoms with Gasteiger partial charge in [0, 0.05) is 29.4 Å². The second-order valence-electron chi connectivity index (χ2n) is 6.88. The fraction of sp³-hybridized carbons (Fsp3) is 0.389. The number of nitrogens with zero attached hydrogens (tertiary/aromatic N) is 1. The van der Waals surface area contributed by atoms with E-state index in [0.717, 1.165) is 5.56 Å². The number of carbonyl (C=O) groups excluding carboxylic acids is 1. The van der Waals surface area contributed by atoms with Crippen LogP contribution in [0.2, 0.25) is 5.02 Å². The van der Waals surface area contributed by atoms with Crippen molar-refractivity contribution < 1.29 is 9.53 Å². The van der Waals surface area contributed by atoms with E-state index >= 15 is 0 Å². The average Bonchev–Trinajstić information content (AvgIpc) is 2.45. The van der Waals surface area contributed by atoms with Crippen LogP contribution in [0.5, 0.6) is 0 Å². The molecule has 0 saturated carbocycles. The molecule has 1 aliphatic carbocycles. The lowest BCUT2D eigenvalue weighted by molar-refractivity contribution is -0.119. The van der Waals surface area contributed by atoms with Gasteiger partial charge in [0.2, 0.25) is 5.90 Å². The summed E-state index contributed by atoms with van der Waals surface area (Å²) >= 11 is 5.94. The lowest BCUT2D eigenvalue weighted by Gasteiger charge is -2.39. The number of carbonyl (C=O) groups is 1. The van der Waals surface area contributed by atoms with Crippen molar-refractivity contribution in [2.75, 3.05) is 0 Å². The minimum Gasteiger partial charge on any atom is -0.446 e. The van der Waals surface area contributed by atoms with Crippen molar-refractivity contribution in [1.29, 1.82) is 10.7 Å². The van der Waals surface area contributed by atoms with Gasteiger partial charge in [-0.3, -0.25) is 10.2 Å². The number of ketones is 1. The van der Waals surface area contributed by atoms with Gasteiger partial charge >= 0.3 is 0 Å². The number of Topliss-reactive ketones (excluding diaryl/α,β-unsaturated/α-hetero) is 1. The molecular weight excluding hydrogens is 312 g/mol. The first kappa shape index (κ1) is 15.8. The van der Waals surface area contributed by atoms with Crippen molar-refractivity contribution in [1.82, 2.24) is 0 Å². The fourth-order valence-corrected chi connectivity index (χ4v) is 3.52. The molecule has 2 atom stereocenters. The number of rotatable bonds is 1. The molecule has 1 aromatic carbocycles. The second kappa shape index (κ2) is 5.50. The SMILES string of the molecule is CC1(C)CC(=O)C2=C(C1)OC(=N)C(C#N)C2c1ccc(Cl)cc1. The molecule has 0 spiro atoms. The third kappa shape index (κ3) is 2.77. The predicted octanol–water partition coefficient (Wildman–Crippen LogP) is 4.21. The minimum absolute atomic E-state index is 0.00366. The standard InChI is InChI=1S/C18H17ClN2O2/c1-18(2)7-13(22)16-14(8-18)23-17(21)12(9-20)15(16)10-3-5-11(19)6-4-10/h3-6,12,15,21H,7-8H2,1-2H3. The highest BCUT2D eigenvalue weighted by atomic mass is 35.5. The maximum Gasteiger partial charge on any atom is 0.205 e. The van der Waals surface area contributed by atoms with Gasteiger partial charge in [-0.1, -0.05) is 37.6 Å². The first-order valence-electron chi connectivity index (χ1n) is 7.50. The van der Waals surface area contributed by atoms with Gasteiger partial charge in [0.05, 0.1) is 6.07 Å². The van der Waals surface area contributed by atoms with E-state index in [2.05, 4.69) is 6.07 Å². The van der Waals surface area contributed by atoms with Crippen LogP contribution in [0.1, 0.15) is 38.2 Å². The van der Waals surface area contributed by atoms with Crippen LogP contribution in [0.25, 0.3) is 0 Å². The van der Waals surface area contributed by atoms with Crippen molar-refractivity contribution in [3.63, 3.8) is 0 Å². The Morgan fingerprint density at radius 2 is 1.96 bits per heavy atom. The second-order valence-corrected chi connectivity index (χ2v) is 7.32. The molecule has 0 bridgehead atoms. The van der Waals surface area contributed by atoms with Crippen LogP contribution < -0.4 is 0 Å². The van der Waals surface area contributed by atoms with Crippen LogP contribution in [0, 0.1) is 28.1 Å². The van der Waals surface area contributed by atoms with Crippen LogP contribution >= 0.6 is 11.6 Å². The van der Waals surface area contributed by atoms with E-state index in [1.807, 2.05) is 26.0 Å². The highest BCUT2D eigenvalue weighted by Crippen LogP contribution is 2.47. The summed E-state index contributed by atoms with van der Waals surface area (Å²) in [4.78, 5) is 12.7. The van der Waals surface area contributed by atoms with Gasteiger partial charge in [-0.15, -0.1) is 0 Å². The molecule has 3 rings (SSSR count). The van der Waals surface area contributed by atoms with Gasteiger partial charge in [-0.05, 0) is 23.1 Å². The highest BCUT2D eigenvalue weighted by molar-refractivity contribution is 6.30. The summed E-state index contributed by atoms with van der Waals surface area (Å²) in [7, 11) is 0. The Labute approximate surface area is 140 Å². The fourth-order valence-electron chi connectivity index (χ4n) is 3.39. The minimum atomic E-state index is -0.792. The van der Waals surface area contributed by atoms with E-state index in [-0.39, 0.29) is 17.1 Å². The number of halogens is 1. The number of hydrogen-bond donors (Lipinski definition) is 1. The first-order chi connectivity index (χ1) is 10.8. The topological polar surface area (TPSA) is 73.9 Å². The predicted molar refractivity (Wildman–Crippen MR) is 87.2 cm³/mol. The largest absolute Gasteiger partial charge is 0.446 e. The molecular formula is C18H17ClN2O2. The van der Waals surface area contributed by atoms with Gasteiger partial charge in [0.25, 0.3) is 0 Å². The number of nitrogens with one attached hydrogen (secondary N) is 1. The molecule has 1 heterocycles. The van der Waals surface area contributed by atoms with Gasteiger partial charge in [-0.2, -0.15) is 5.26 Å². The van der Waals surface area contributed by atoms with Crippen LogP contribution in [-0.2, 0) is 9.53 Å². The molecule has 2 unspecified atom stereocenters. The molecule has 0 aromatic heterocycles. The van der Waals surface area contributed by atoms with E-state index < -0.39 is 11.8 Å². The molecule has 0 amide bonds. The molecule has 2 aliphatic rings. The van der Waals surface area contributed by atoms with E-state index in [1.54, 1.807) is 12.1 Å². The molecule has 0 fully saturated rings. The van der Waals surface area contributed by atoms with Crippen molar-refractivity contribution in [3.05, 3.63) is 46.2 Å². The van der Waals surface area contributed by atoms with Crippen LogP contribution in [-0.4, -0.2) is 11.7 Å². The smallest absolute Gasteiger partial charge is 0.205 e. The molecule has 0 saturated heterocycles. The molecule has 23 heavy (non-hydrogen) atoms. The summed E-state index contributed by atoms with van der Waals surface area (Å²) in [6, 6.07) is 9.22. The van der Waals surface area contributed by atoms with Gasteiger partial charge < -0.3 is 4.74 Å². The Bertz CT molecular complexity index is 756. The summed E-state index contributed by atoms with van der Waals surface area (Å²) in [6.45, 7) is 4.02. The lowest BCUT2D eigenvalue weighted by Crippen LogP contribution is -2.38. The van der Waals surface area contributed by atoms with Gasteiger partial charge in [0.1, 0.15) is 11.7 Å². The Kier molecular flexibility index (Phi) is 3.77. The van der Waals surface area contributed by atoms with E-state index in [9.17, 15) is 10.1 Å². The molecule has 5 heteroatoms. The third-order valence-corrected chi connectivity index (χ3v) is 4.66. The van der Waals surface area contributed by atoms with Crippen molar-refractivity contribution in [2.24, 2.45) is 11.3 Å². The number of ether oxygens (including phenoxy) is 1. The van der Waals surface area contributed by atoms with Crippen LogP contribution in [0.4, 0.5) is 0 Å². The van der Waals surface area contributed by atoms with Crippen molar-refractivity contribution in [3.8, 4) is 6.07 Å². The maximum atomic E-state index is 12.7. The number of allylic oxidation sites excluding steroid dienone is 2. The zero-order valence-electron chi connectivity index (χ0n) is 13.0. The molecule has 118 valence electrons. The normalized spacial score (nSPS) is 26.3. The Morgan fingerprint density at radius 3 is 2.57 bits per heavy atom. The van der Waals surface area contributed by atoms with Gasteiger partial charge in [0.15, 0.2) is 5.78 Å². The monoisotopic (exact) mass is 328 g/mol. The zero-order chi connectivity index (χ0) is 16.8. The molecule has 0 radical (unpaired) electrons. The van der Waals surface area contributed by atoms with E-state index in [4.69, 9.17) is 21.7 Å². The highest BCUT2D eigenvalue weighted by Gasteiger charge is 2.46. The Balaban J connectivity index is 2.16. The van der Waals surface area contributed by atoms with Gasteiger partial charge in [-0.25, -0.2) is 0 Å². The lowest BCUT2D eigenvalue weighted by atomic mass is 9.68. The average molecular weight is 329 g/mol. The van der Waals surface area contributed by atoms with E-state index in [0.29, 0.717) is 29.2 Å². The Morgan fingerprint density at radius 1 is 1.30 bits per heavy atom. The summed E-state index contributed by atoms with van der Waals surface area (Å²) in [5.74, 6) is -0.791. The third-order valence-electron chi connectivity index (χ3n) is 4.41. The molecule has 1 aliphatic heterocycles. The van der Waals surface area contributed by atoms with E-state index in [1.165, 1.54) is 0 Å². The summed E-state index contributed by atoms with van der Waals surface area (Å²) < 4.78 is 5.57. The van der Waals surface area contributed by atoms with Crippen LogP contribution in [0.3, 0.4) is 0 Å². The molecule has 1 N–H and O–H groups in total. The number of benzene rings is 1. The maximum absolute atomic E-state index is 12.7. The summed E-state index contributed by atoms with van der Waals surface area (Å²) in [6.07, 6.45) is 1.02.